The summed E-state index contributed by atoms with van der Waals surface area (Å²) >= 11 is 9.24. The Kier molecular flexibility index (Phi) is 7.21. The van der Waals surface area contributed by atoms with Crippen LogP contribution in [0.15, 0.2) is 12.1 Å². The lowest BCUT2D eigenvalue weighted by atomic mass is 10.2. The van der Waals surface area contributed by atoms with Crippen LogP contribution in [0.2, 0.25) is 5.02 Å². The van der Waals surface area contributed by atoms with Gasteiger partial charge in [-0.25, -0.2) is 9.97 Å². The molecule has 9 heteroatoms. The summed E-state index contributed by atoms with van der Waals surface area (Å²) in [6, 6.07) is 3.83. The number of aromatic nitrogens is 2. The van der Waals surface area contributed by atoms with E-state index in [1.807, 2.05) is 47.0 Å². The van der Waals surface area contributed by atoms with Crippen LogP contribution in [0.1, 0.15) is 25.9 Å². The maximum atomic E-state index is 13.3. The predicted molar refractivity (Wildman–Crippen MR) is 118 cm³/mol. The average molecular weight is 445 g/mol. The largest absolute Gasteiger partial charge is 0.308 e. The zero-order valence-electron chi connectivity index (χ0n) is 15.9. The molecule has 0 aliphatic heterocycles. The number of nitrogens with zero attached hydrogens (tertiary/aromatic N) is 4. The Morgan fingerprint density at radius 2 is 1.81 bits per heavy atom. The first-order valence-electron chi connectivity index (χ1n) is 8.24. The van der Waals surface area contributed by atoms with Crippen LogP contribution >= 0.6 is 46.7 Å². The summed E-state index contributed by atoms with van der Waals surface area (Å²) in [7, 11) is 3.98. The van der Waals surface area contributed by atoms with Crippen molar-refractivity contribution >= 4 is 67.9 Å². The third-order valence-corrected chi connectivity index (χ3v) is 6.63. The minimum atomic E-state index is -0.0530. The van der Waals surface area contributed by atoms with Gasteiger partial charge in [0.1, 0.15) is 4.88 Å². The Labute approximate surface area is 178 Å². The fourth-order valence-electron chi connectivity index (χ4n) is 2.64. The monoisotopic (exact) mass is 444 g/mol. The fraction of sp³-hybridized carbons (Fsp3) is 0.389. The van der Waals surface area contributed by atoms with E-state index >= 15 is 0 Å². The lowest BCUT2D eigenvalue weighted by Gasteiger charge is -2.21. The highest BCUT2D eigenvalue weighted by atomic mass is 35.5. The molecule has 3 aromatic rings. The van der Waals surface area contributed by atoms with Crippen LogP contribution in [0.25, 0.3) is 10.2 Å². The van der Waals surface area contributed by atoms with Gasteiger partial charge in [-0.05, 0) is 46.5 Å². The summed E-state index contributed by atoms with van der Waals surface area (Å²) in [6.45, 7) is 7.09. The van der Waals surface area contributed by atoms with Gasteiger partial charge in [0.15, 0.2) is 5.13 Å². The lowest BCUT2D eigenvalue weighted by molar-refractivity contribution is 0.0988. The van der Waals surface area contributed by atoms with E-state index in [4.69, 9.17) is 16.6 Å². The second-order valence-corrected chi connectivity index (χ2v) is 9.03. The van der Waals surface area contributed by atoms with E-state index in [2.05, 4.69) is 9.88 Å². The smallest absolute Gasteiger partial charge is 0.272 e. The van der Waals surface area contributed by atoms with Crippen molar-refractivity contribution in [1.82, 2.24) is 14.9 Å². The molecule has 0 atom stereocenters. The Morgan fingerprint density at radius 1 is 1.11 bits per heavy atom. The van der Waals surface area contributed by atoms with Gasteiger partial charge in [-0.2, -0.15) is 0 Å². The van der Waals surface area contributed by atoms with E-state index in [1.165, 1.54) is 22.7 Å². The van der Waals surface area contributed by atoms with Gasteiger partial charge in [-0.15, -0.1) is 23.7 Å². The molecular weight excluding hydrogens is 423 g/mol. The SMILES string of the molecule is Cc1nc(C)c(C(=O)N(CCN(C)C)c2nc3c(C)ccc(Cl)c3s2)s1.Cl. The summed E-state index contributed by atoms with van der Waals surface area (Å²) in [5, 5.41) is 2.23. The number of fused-ring (bicyclic) bond motifs is 1. The van der Waals surface area contributed by atoms with Crippen molar-refractivity contribution in [2.45, 2.75) is 20.8 Å². The van der Waals surface area contributed by atoms with Crippen molar-refractivity contribution in [3.63, 3.8) is 0 Å². The zero-order valence-corrected chi connectivity index (χ0v) is 19.1. The molecule has 0 spiro atoms. The van der Waals surface area contributed by atoms with Crippen molar-refractivity contribution in [3.8, 4) is 0 Å². The molecule has 0 fully saturated rings. The molecular formula is C18H22Cl2N4OS2. The summed E-state index contributed by atoms with van der Waals surface area (Å²) in [4.78, 5) is 26.9. The van der Waals surface area contributed by atoms with Crippen molar-refractivity contribution in [1.29, 1.82) is 0 Å². The number of thiazole rings is 2. The van der Waals surface area contributed by atoms with Crippen molar-refractivity contribution in [2.75, 3.05) is 32.1 Å². The number of rotatable bonds is 5. The second-order valence-electron chi connectivity index (χ2n) is 6.45. The Morgan fingerprint density at radius 3 is 2.37 bits per heavy atom. The third kappa shape index (κ3) is 4.60. The van der Waals surface area contributed by atoms with Crippen LogP contribution < -0.4 is 4.90 Å². The molecule has 0 saturated carbocycles. The van der Waals surface area contributed by atoms with Crippen LogP contribution in [0, 0.1) is 20.8 Å². The van der Waals surface area contributed by atoms with Crippen LogP contribution in [-0.2, 0) is 0 Å². The normalized spacial score (nSPS) is 11.1. The molecule has 27 heavy (non-hydrogen) atoms. The van der Waals surface area contributed by atoms with Crippen molar-refractivity contribution in [3.05, 3.63) is 38.3 Å². The van der Waals surface area contributed by atoms with Gasteiger partial charge in [0, 0.05) is 13.1 Å². The third-order valence-electron chi connectivity index (χ3n) is 4.03. The molecule has 0 unspecified atom stereocenters. The zero-order chi connectivity index (χ0) is 19.0. The van der Waals surface area contributed by atoms with Gasteiger partial charge in [-0.1, -0.05) is 29.0 Å². The standard InChI is InChI=1S/C18H21ClN4OS2.ClH/c1-10-6-7-13(19)16-14(10)21-18(26-16)23(9-8-22(4)5)17(24)15-11(2)20-12(3)25-15;/h6-7H,8-9H2,1-5H3;1H. The van der Waals surface area contributed by atoms with Crippen LogP contribution in [0.5, 0.6) is 0 Å². The van der Waals surface area contributed by atoms with E-state index in [0.717, 1.165) is 33.0 Å². The van der Waals surface area contributed by atoms with E-state index in [9.17, 15) is 4.79 Å². The summed E-state index contributed by atoms with van der Waals surface area (Å²) in [5.74, 6) is -0.0530. The molecule has 1 aromatic carbocycles. The van der Waals surface area contributed by atoms with E-state index in [0.29, 0.717) is 21.6 Å². The van der Waals surface area contributed by atoms with Gasteiger partial charge in [0.05, 0.1) is 25.9 Å². The molecule has 146 valence electrons. The molecule has 3 rings (SSSR count). The number of carbonyl (C=O) groups excluding carboxylic acids is 1. The number of halogens is 2. The van der Waals surface area contributed by atoms with E-state index in [-0.39, 0.29) is 18.3 Å². The number of aryl methyl sites for hydroxylation is 3. The highest BCUT2D eigenvalue weighted by molar-refractivity contribution is 7.23. The van der Waals surface area contributed by atoms with E-state index in [1.54, 1.807) is 4.90 Å². The van der Waals surface area contributed by atoms with Crippen LogP contribution in [0.3, 0.4) is 0 Å². The summed E-state index contributed by atoms with van der Waals surface area (Å²) in [5.41, 5.74) is 2.68. The maximum absolute atomic E-state index is 13.3. The number of carbonyl (C=O) groups is 1. The molecule has 0 N–H and O–H groups in total. The minimum absolute atomic E-state index is 0. The molecule has 0 radical (unpaired) electrons. The Hall–Kier alpha value is -1.25. The van der Waals surface area contributed by atoms with Crippen LogP contribution in [0.4, 0.5) is 5.13 Å². The first kappa shape index (κ1) is 22.0. The number of benzene rings is 1. The van der Waals surface area contributed by atoms with Crippen molar-refractivity contribution in [2.24, 2.45) is 0 Å². The lowest BCUT2D eigenvalue weighted by Crippen LogP contribution is -2.36. The van der Waals surface area contributed by atoms with Gasteiger partial charge in [0.25, 0.3) is 5.91 Å². The number of hydrogen-bond acceptors (Lipinski definition) is 6. The number of likely N-dealkylation sites (N-methyl/N-ethyl adjacent to an activating group) is 1. The number of amides is 1. The summed E-state index contributed by atoms with van der Waals surface area (Å²) in [6.07, 6.45) is 0. The molecule has 2 heterocycles. The Balaban J connectivity index is 0.00000261. The number of hydrogen-bond donors (Lipinski definition) is 0. The minimum Gasteiger partial charge on any atom is -0.308 e. The average Bonchev–Trinajstić information content (AvgIpc) is 3.15. The first-order chi connectivity index (χ1) is 12.3. The number of anilines is 1. The fourth-order valence-corrected chi connectivity index (χ4v) is 4.85. The molecule has 1 amide bonds. The Bertz CT molecular complexity index is 929. The maximum Gasteiger partial charge on any atom is 0.272 e. The van der Waals surface area contributed by atoms with Gasteiger partial charge >= 0.3 is 0 Å². The first-order valence-corrected chi connectivity index (χ1v) is 10.2. The highest BCUT2D eigenvalue weighted by Gasteiger charge is 2.25. The summed E-state index contributed by atoms with van der Waals surface area (Å²) < 4.78 is 0.918. The molecule has 0 bridgehead atoms. The van der Waals surface area contributed by atoms with Gasteiger partial charge in [-0.3, -0.25) is 9.69 Å². The van der Waals surface area contributed by atoms with Gasteiger partial charge < -0.3 is 4.90 Å². The molecule has 5 nitrogen and oxygen atoms in total. The van der Waals surface area contributed by atoms with E-state index < -0.39 is 0 Å². The quantitative estimate of drug-likeness (QED) is 0.557. The van der Waals surface area contributed by atoms with Gasteiger partial charge in [0.2, 0.25) is 0 Å². The topological polar surface area (TPSA) is 49.3 Å². The second kappa shape index (κ2) is 8.84. The van der Waals surface area contributed by atoms with Crippen molar-refractivity contribution < 1.29 is 4.79 Å². The molecule has 0 aliphatic rings. The predicted octanol–water partition coefficient (Wildman–Crippen LogP) is 4.96. The highest BCUT2D eigenvalue weighted by Crippen LogP contribution is 2.36. The molecule has 2 aromatic heterocycles. The molecule has 0 saturated heterocycles. The molecule has 0 aliphatic carbocycles. The van der Waals surface area contributed by atoms with Crippen LogP contribution in [-0.4, -0.2) is 48.0 Å².